The summed E-state index contributed by atoms with van der Waals surface area (Å²) in [6, 6.07) is 0.666. The van der Waals surface area contributed by atoms with Crippen LogP contribution in [-0.4, -0.2) is 22.6 Å². The third kappa shape index (κ3) is 2.07. The molecule has 0 aromatic carbocycles. The molecule has 0 bridgehead atoms. The van der Waals surface area contributed by atoms with Crippen molar-refractivity contribution >= 4 is 17.4 Å². The quantitative estimate of drug-likeness (QED) is 0.786. The molecule has 80 valence electrons. The zero-order valence-electron chi connectivity index (χ0n) is 8.56. The van der Waals surface area contributed by atoms with Gasteiger partial charge < -0.3 is 4.90 Å². The van der Waals surface area contributed by atoms with Crippen molar-refractivity contribution in [1.82, 2.24) is 9.97 Å². The van der Waals surface area contributed by atoms with E-state index < -0.39 is 0 Å². The van der Waals surface area contributed by atoms with Gasteiger partial charge in [-0.05, 0) is 31.6 Å². The van der Waals surface area contributed by atoms with Crippen LogP contribution in [0.15, 0.2) is 12.4 Å². The Kier molecular flexibility index (Phi) is 2.28. The van der Waals surface area contributed by atoms with Gasteiger partial charge in [-0.3, -0.25) is 0 Å². The molecule has 3 nitrogen and oxygen atoms in total. The smallest absolute Gasteiger partial charge is 0.171 e. The van der Waals surface area contributed by atoms with E-state index in [0.717, 1.165) is 18.3 Å². The van der Waals surface area contributed by atoms with E-state index in [1.54, 1.807) is 12.4 Å². The Balaban J connectivity index is 1.83. The summed E-state index contributed by atoms with van der Waals surface area (Å²) in [6.45, 7) is 1.11. The third-order valence-corrected chi connectivity index (χ3v) is 3.31. The van der Waals surface area contributed by atoms with E-state index in [9.17, 15) is 0 Å². The van der Waals surface area contributed by atoms with Gasteiger partial charge in [0, 0.05) is 25.0 Å². The minimum Gasteiger partial charge on any atom is -0.351 e. The molecule has 2 saturated carbocycles. The molecule has 1 aromatic rings. The predicted octanol–water partition coefficient (Wildman–Crippen LogP) is 2.51. The van der Waals surface area contributed by atoms with Gasteiger partial charge in [0.25, 0.3) is 0 Å². The summed E-state index contributed by atoms with van der Waals surface area (Å²) < 4.78 is 0. The summed E-state index contributed by atoms with van der Waals surface area (Å²) in [5, 5.41) is 0.546. The van der Waals surface area contributed by atoms with Crippen molar-refractivity contribution < 1.29 is 0 Å². The van der Waals surface area contributed by atoms with Gasteiger partial charge in [0.1, 0.15) is 0 Å². The molecule has 2 fully saturated rings. The zero-order valence-corrected chi connectivity index (χ0v) is 9.32. The summed E-state index contributed by atoms with van der Waals surface area (Å²) in [7, 11) is 0. The Morgan fingerprint density at radius 3 is 2.53 bits per heavy atom. The Morgan fingerprint density at radius 1 is 1.20 bits per heavy atom. The fourth-order valence-electron chi connectivity index (χ4n) is 1.88. The van der Waals surface area contributed by atoms with Crippen molar-refractivity contribution in [1.29, 1.82) is 0 Å². The van der Waals surface area contributed by atoms with Crippen LogP contribution >= 0.6 is 11.6 Å². The SMILES string of the molecule is Clc1nccnc1N(CC1CC1)C1CC1. The van der Waals surface area contributed by atoms with Crippen LogP contribution in [0.25, 0.3) is 0 Å². The van der Waals surface area contributed by atoms with Gasteiger partial charge in [-0.25, -0.2) is 9.97 Å². The van der Waals surface area contributed by atoms with Gasteiger partial charge in [-0.1, -0.05) is 11.6 Å². The van der Waals surface area contributed by atoms with Crippen molar-refractivity contribution in [3.63, 3.8) is 0 Å². The molecule has 0 unspecified atom stereocenters. The molecule has 3 rings (SSSR count). The highest BCUT2D eigenvalue weighted by atomic mass is 35.5. The monoisotopic (exact) mass is 223 g/mol. The molecule has 2 aliphatic carbocycles. The first-order valence-corrected chi connectivity index (χ1v) is 5.95. The van der Waals surface area contributed by atoms with Crippen LogP contribution in [0.1, 0.15) is 25.7 Å². The van der Waals surface area contributed by atoms with Crippen molar-refractivity contribution in [2.24, 2.45) is 5.92 Å². The molecular weight excluding hydrogens is 210 g/mol. The van der Waals surface area contributed by atoms with E-state index in [4.69, 9.17) is 11.6 Å². The number of hydrogen-bond donors (Lipinski definition) is 0. The Labute approximate surface area is 94.5 Å². The maximum absolute atomic E-state index is 6.08. The number of aromatic nitrogens is 2. The van der Waals surface area contributed by atoms with E-state index in [0.29, 0.717) is 11.2 Å². The van der Waals surface area contributed by atoms with E-state index >= 15 is 0 Å². The Hall–Kier alpha value is -0.830. The number of rotatable bonds is 4. The van der Waals surface area contributed by atoms with Crippen LogP contribution in [0.2, 0.25) is 5.15 Å². The molecular formula is C11H14ClN3. The first-order valence-electron chi connectivity index (χ1n) is 5.58. The van der Waals surface area contributed by atoms with Gasteiger partial charge in [0.2, 0.25) is 0 Å². The molecule has 0 atom stereocenters. The number of hydrogen-bond acceptors (Lipinski definition) is 3. The minimum atomic E-state index is 0.546. The molecule has 2 aliphatic rings. The van der Waals surface area contributed by atoms with Gasteiger partial charge in [-0.15, -0.1) is 0 Å². The second-order valence-electron chi connectivity index (χ2n) is 4.50. The zero-order chi connectivity index (χ0) is 10.3. The molecule has 4 heteroatoms. The van der Waals surface area contributed by atoms with E-state index in [1.807, 2.05) is 0 Å². The van der Waals surface area contributed by atoms with Crippen LogP contribution in [0.4, 0.5) is 5.82 Å². The largest absolute Gasteiger partial charge is 0.351 e. The normalized spacial score (nSPS) is 20.3. The maximum atomic E-state index is 6.08. The molecule has 15 heavy (non-hydrogen) atoms. The highest BCUT2D eigenvalue weighted by Gasteiger charge is 2.35. The Morgan fingerprint density at radius 2 is 1.93 bits per heavy atom. The number of nitrogens with zero attached hydrogens (tertiary/aromatic N) is 3. The van der Waals surface area contributed by atoms with Gasteiger partial charge in [-0.2, -0.15) is 0 Å². The first kappa shape index (κ1) is 9.40. The van der Waals surface area contributed by atoms with Crippen LogP contribution in [0.5, 0.6) is 0 Å². The van der Waals surface area contributed by atoms with Gasteiger partial charge >= 0.3 is 0 Å². The molecule has 0 saturated heterocycles. The maximum Gasteiger partial charge on any atom is 0.171 e. The number of anilines is 1. The van der Waals surface area contributed by atoms with Crippen LogP contribution < -0.4 is 4.90 Å². The van der Waals surface area contributed by atoms with Crippen LogP contribution in [0.3, 0.4) is 0 Å². The lowest BCUT2D eigenvalue weighted by Crippen LogP contribution is -2.29. The molecule has 0 spiro atoms. The fourth-order valence-corrected chi connectivity index (χ4v) is 2.09. The average molecular weight is 224 g/mol. The Bertz CT molecular complexity index is 361. The lowest BCUT2D eigenvalue weighted by molar-refractivity contribution is 0.707. The fraction of sp³-hybridized carbons (Fsp3) is 0.636. The minimum absolute atomic E-state index is 0.546. The highest BCUT2D eigenvalue weighted by molar-refractivity contribution is 6.31. The summed E-state index contributed by atoms with van der Waals surface area (Å²) >= 11 is 6.08. The molecule has 0 radical (unpaired) electrons. The van der Waals surface area contributed by atoms with Crippen LogP contribution in [0, 0.1) is 5.92 Å². The summed E-state index contributed by atoms with van der Waals surface area (Å²) in [4.78, 5) is 10.8. The van der Waals surface area contributed by atoms with Gasteiger partial charge in [0.15, 0.2) is 11.0 Å². The van der Waals surface area contributed by atoms with E-state index in [-0.39, 0.29) is 0 Å². The molecule has 0 N–H and O–H groups in total. The average Bonchev–Trinajstić information content (AvgIpc) is 3.10. The molecule has 0 aliphatic heterocycles. The summed E-state index contributed by atoms with van der Waals surface area (Å²) in [5.41, 5.74) is 0. The second kappa shape index (κ2) is 3.63. The lowest BCUT2D eigenvalue weighted by Gasteiger charge is -2.23. The topological polar surface area (TPSA) is 29.0 Å². The molecule has 1 heterocycles. The van der Waals surface area contributed by atoms with Crippen LogP contribution in [-0.2, 0) is 0 Å². The lowest BCUT2D eigenvalue weighted by atomic mass is 10.3. The van der Waals surface area contributed by atoms with Crippen molar-refractivity contribution in [2.75, 3.05) is 11.4 Å². The van der Waals surface area contributed by atoms with Crippen molar-refractivity contribution in [3.8, 4) is 0 Å². The van der Waals surface area contributed by atoms with Gasteiger partial charge in [0.05, 0.1) is 0 Å². The number of halogens is 1. The molecule has 0 amide bonds. The summed E-state index contributed by atoms with van der Waals surface area (Å²) in [5.74, 6) is 1.75. The van der Waals surface area contributed by atoms with E-state index in [1.165, 1.54) is 25.7 Å². The second-order valence-corrected chi connectivity index (χ2v) is 4.86. The molecule has 1 aromatic heterocycles. The third-order valence-electron chi connectivity index (χ3n) is 3.05. The van der Waals surface area contributed by atoms with Crippen molar-refractivity contribution in [3.05, 3.63) is 17.5 Å². The highest BCUT2D eigenvalue weighted by Crippen LogP contribution is 2.38. The summed E-state index contributed by atoms with van der Waals surface area (Å²) in [6.07, 6.45) is 8.65. The predicted molar refractivity (Wildman–Crippen MR) is 60.1 cm³/mol. The van der Waals surface area contributed by atoms with E-state index in [2.05, 4.69) is 14.9 Å². The van der Waals surface area contributed by atoms with Crippen molar-refractivity contribution in [2.45, 2.75) is 31.7 Å². The standard InChI is InChI=1S/C11H14ClN3/c12-10-11(14-6-5-13-10)15(9-3-4-9)7-8-1-2-8/h5-6,8-9H,1-4,7H2. The first-order chi connectivity index (χ1) is 7.34.